The zero-order valence-corrected chi connectivity index (χ0v) is 9.39. The highest BCUT2D eigenvalue weighted by molar-refractivity contribution is 5.28. The zero-order chi connectivity index (χ0) is 10.7. The first kappa shape index (κ1) is 10.7. The Hall–Kier alpha value is -0.820. The summed E-state index contributed by atoms with van der Waals surface area (Å²) in [7, 11) is 0. The van der Waals surface area contributed by atoms with Crippen molar-refractivity contribution < 1.29 is 5.11 Å². The molecule has 1 fully saturated rings. The molecule has 0 spiro atoms. The van der Waals surface area contributed by atoms with Crippen molar-refractivity contribution >= 4 is 0 Å². The number of hydrogen-bond acceptors (Lipinski definition) is 1. The highest BCUT2D eigenvalue weighted by atomic mass is 16.3. The van der Waals surface area contributed by atoms with Gasteiger partial charge in [0.1, 0.15) is 0 Å². The minimum Gasteiger partial charge on any atom is -0.396 e. The lowest BCUT2D eigenvalue weighted by molar-refractivity contribution is 0.265. The van der Waals surface area contributed by atoms with E-state index in [1.54, 1.807) is 0 Å². The van der Waals surface area contributed by atoms with Crippen LogP contribution in [0.15, 0.2) is 30.3 Å². The van der Waals surface area contributed by atoms with Crippen molar-refractivity contribution in [1.29, 1.82) is 0 Å². The molecule has 82 valence electrons. The highest BCUT2D eigenvalue weighted by Crippen LogP contribution is 2.55. The molecule has 3 atom stereocenters. The summed E-state index contributed by atoms with van der Waals surface area (Å²) in [5.74, 6) is 1.89. The molecule has 0 saturated heterocycles. The molecule has 0 amide bonds. The maximum absolute atomic E-state index is 9.31. The molecule has 1 heteroatoms. The standard InChI is InChI=1S/C14H20O/c1-2-3-9-12-13(10-15)14(12)11-7-5-4-6-8-11/h4-8,12-15H,2-3,9-10H2,1H3/t12?,13-,14-/m1/s1. The minimum atomic E-state index is 0.355. The van der Waals surface area contributed by atoms with E-state index < -0.39 is 0 Å². The summed E-state index contributed by atoms with van der Waals surface area (Å²) in [6.07, 6.45) is 3.84. The van der Waals surface area contributed by atoms with Crippen LogP contribution in [0.1, 0.15) is 37.7 Å². The van der Waals surface area contributed by atoms with Gasteiger partial charge in [0.2, 0.25) is 0 Å². The highest BCUT2D eigenvalue weighted by Gasteiger charge is 2.49. The summed E-state index contributed by atoms with van der Waals surface area (Å²) >= 11 is 0. The van der Waals surface area contributed by atoms with Crippen LogP contribution in [0.3, 0.4) is 0 Å². The minimum absolute atomic E-state index is 0.355. The van der Waals surface area contributed by atoms with Crippen LogP contribution < -0.4 is 0 Å². The van der Waals surface area contributed by atoms with Crippen molar-refractivity contribution in [2.75, 3.05) is 6.61 Å². The number of rotatable bonds is 5. The van der Waals surface area contributed by atoms with Gasteiger partial charge < -0.3 is 5.11 Å². The Morgan fingerprint density at radius 3 is 2.47 bits per heavy atom. The number of benzene rings is 1. The van der Waals surface area contributed by atoms with Crippen molar-refractivity contribution in [3.05, 3.63) is 35.9 Å². The quantitative estimate of drug-likeness (QED) is 0.781. The molecule has 1 aliphatic carbocycles. The van der Waals surface area contributed by atoms with Crippen LogP contribution in [0.5, 0.6) is 0 Å². The average molecular weight is 204 g/mol. The first-order chi connectivity index (χ1) is 7.38. The van der Waals surface area contributed by atoms with Crippen LogP contribution in [0.4, 0.5) is 0 Å². The van der Waals surface area contributed by atoms with Gasteiger partial charge >= 0.3 is 0 Å². The smallest absolute Gasteiger partial charge is 0.0468 e. The van der Waals surface area contributed by atoms with Crippen LogP contribution in [0.25, 0.3) is 0 Å². The molecule has 0 bridgehead atoms. The van der Waals surface area contributed by atoms with Gasteiger partial charge in [0.05, 0.1) is 0 Å². The van der Waals surface area contributed by atoms with Crippen molar-refractivity contribution in [2.45, 2.75) is 32.1 Å². The van der Waals surface area contributed by atoms with Crippen molar-refractivity contribution in [3.8, 4) is 0 Å². The summed E-state index contributed by atoms with van der Waals surface area (Å²) < 4.78 is 0. The van der Waals surface area contributed by atoms with Crippen molar-refractivity contribution in [2.24, 2.45) is 11.8 Å². The van der Waals surface area contributed by atoms with Gasteiger partial charge in [0, 0.05) is 6.61 Å². The zero-order valence-electron chi connectivity index (χ0n) is 9.39. The second kappa shape index (κ2) is 4.80. The van der Waals surface area contributed by atoms with E-state index in [1.807, 2.05) is 0 Å². The van der Waals surface area contributed by atoms with Crippen LogP contribution in [0, 0.1) is 11.8 Å². The van der Waals surface area contributed by atoms with Crippen molar-refractivity contribution in [3.63, 3.8) is 0 Å². The Balaban J connectivity index is 1.99. The topological polar surface area (TPSA) is 20.2 Å². The molecule has 15 heavy (non-hydrogen) atoms. The Labute approximate surface area is 92.1 Å². The third-order valence-corrected chi connectivity index (χ3v) is 3.62. The van der Waals surface area contributed by atoms with Gasteiger partial charge in [-0.2, -0.15) is 0 Å². The lowest BCUT2D eigenvalue weighted by atomic mass is 10.1. The molecule has 1 nitrogen and oxygen atoms in total. The van der Waals surface area contributed by atoms with E-state index in [0.29, 0.717) is 18.4 Å². The summed E-state index contributed by atoms with van der Waals surface area (Å²) in [5.41, 5.74) is 1.41. The van der Waals surface area contributed by atoms with Gasteiger partial charge in [-0.05, 0) is 29.7 Å². The summed E-state index contributed by atoms with van der Waals surface area (Å²) in [6, 6.07) is 10.6. The monoisotopic (exact) mass is 204 g/mol. The molecule has 1 aromatic carbocycles. The number of aliphatic hydroxyl groups is 1. The molecular weight excluding hydrogens is 184 g/mol. The third-order valence-electron chi connectivity index (χ3n) is 3.62. The molecule has 0 heterocycles. The molecule has 0 radical (unpaired) electrons. The fourth-order valence-electron chi connectivity index (χ4n) is 2.70. The van der Waals surface area contributed by atoms with Gasteiger partial charge in [-0.15, -0.1) is 0 Å². The largest absolute Gasteiger partial charge is 0.396 e. The molecule has 1 aromatic rings. The Bertz CT molecular complexity index is 293. The van der Waals surface area contributed by atoms with Gasteiger partial charge in [-0.1, -0.05) is 50.1 Å². The SMILES string of the molecule is CCCCC1[C@@H](CO)[C@@H]1c1ccccc1. The fourth-order valence-corrected chi connectivity index (χ4v) is 2.70. The van der Waals surface area contributed by atoms with Gasteiger partial charge in [0.25, 0.3) is 0 Å². The van der Waals surface area contributed by atoms with Crippen molar-refractivity contribution in [1.82, 2.24) is 0 Å². The molecule has 1 saturated carbocycles. The van der Waals surface area contributed by atoms with E-state index in [9.17, 15) is 5.11 Å². The lowest BCUT2D eigenvalue weighted by Gasteiger charge is -1.98. The summed E-state index contributed by atoms with van der Waals surface area (Å²) in [6.45, 7) is 2.59. The Morgan fingerprint density at radius 2 is 1.87 bits per heavy atom. The molecule has 1 N–H and O–H groups in total. The average Bonchev–Trinajstić information content (AvgIpc) is 3.00. The predicted molar refractivity (Wildman–Crippen MR) is 62.8 cm³/mol. The third kappa shape index (κ3) is 2.23. The van der Waals surface area contributed by atoms with Crippen LogP contribution in [0.2, 0.25) is 0 Å². The Morgan fingerprint density at radius 1 is 1.13 bits per heavy atom. The summed E-state index contributed by atoms with van der Waals surface area (Å²) in [4.78, 5) is 0. The second-order valence-electron chi connectivity index (χ2n) is 4.59. The molecule has 2 rings (SSSR count). The van der Waals surface area contributed by atoms with E-state index in [4.69, 9.17) is 0 Å². The van der Waals surface area contributed by atoms with E-state index in [0.717, 1.165) is 5.92 Å². The van der Waals surface area contributed by atoms with Crippen LogP contribution >= 0.6 is 0 Å². The Kier molecular flexibility index (Phi) is 3.42. The molecule has 1 unspecified atom stereocenters. The molecular formula is C14H20O. The van der Waals surface area contributed by atoms with E-state index in [2.05, 4.69) is 37.3 Å². The summed E-state index contributed by atoms with van der Waals surface area (Å²) in [5, 5.41) is 9.31. The normalized spacial score (nSPS) is 29.1. The maximum atomic E-state index is 9.31. The number of hydrogen-bond donors (Lipinski definition) is 1. The molecule has 0 aliphatic heterocycles. The van der Waals surface area contributed by atoms with E-state index >= 15 is 0 Å². The predicted octanol–water partition coefficient (Wildman–Crippen LogP) is 3.20. The van der Waals surface area contributed by atoms with Crippen LogP contribution in [-0.4, -0.2) is 11.7 Å². The first-order valence-electron chi connectivity index (χ1n) is 6.04. The van der Waals surface area contributed by atoms with E-state index in [1.165, 1.54) is 24.8 Å². The van der Waals surface area contributed by atoms with Gasteiger partial charge in [-0.3, -0.25) is 0 Å². The maximum Gasteiger partial charge on any atom is 0.0468 e. The number of aliphatic hydroxyl groups excluding tert-OH is 1. The lowest BCUT2D eigenvalue weighted by Crippen LogP contribution is -1.88. The van der Waals surface area contributed by atoms with Crippen LogP contribution in [-0.2, 0) is 0 Å². The van der Waals surface area contributed by atoms with Gasteiger partial charge in [0.15, 0.2) is 0 Å². The molecule has 0 aromatic heterocycles. The van der Waals surface area contributed by atoms with E-state index in [-0.39, 0.29) is 0 Å². The number of unbranched alkanes of at least 4 members (excludes halogenated alkanes) is 1. The first-order valence-corrected chi connectivity index (χ1v) is 6.04. The van der Waals surface area contributed by atoms with Gasteiger partial charge in [-0.25, -0.2) is 0 Å². The second-order valence-corrected chi connectivity index (χ2v) is 4.59. The molecule has 1 aliphatic rings. The fraction of sp³-hybridized carbons (Fsp3) is 0.571.